The smallest absolute Gasteiger partial charge is 0.255 e. The highest BCUT2D eigenvalue weighted by molar-refractivity contribution is 5.99. The molecular formula is C13H20N2O. The van der Waals surface area contributed by atoms with E-state index in [1.165, 1.54) is 0 Å². The van der Waals surface area contributed by atoms with E-state index in [0.717, 1.165) is 12.1 Å². The summed E-state index contributed by atoms with van der Waals surface area (Å²) in [5.41, 5.74) is 8.06. The fourth-order valence-corrected chi connectivity index (χ4v) is 1.71. The summed E-state index contributed by atoms with van der Waals surface area (Å²) >= 11 is 0. The predicted molar refractivity (Wildman–Crippen MR) is 67.4 cm³/mol. The van der Waals surface area contributed by atoms with Gasteiger partial charge in [0, 0.05) is 19.3 Å². The molecule has 0 fully saturated rings. The maximum absolute atomic E-state index is 12.1. The van der Waals surface area contributed by atoms with Crippen LogP contribution in [0.15, 0.2) is 18.2 Å². The fraction of sp³-hybridized carbons (Fsp3) is 0.462. The molecule has 16 heavy (non-hydrogen) atoms. The number of hydrogen-bond acceptors (Lipinski definition) is 2. The van der Waals surface area contributed by atoms with E-state index in [1.807, 2.05) is 26.1 Å². The molecule has 1 aromatic carbocycles. The summed E-state index contributed by atoms with van der Waals surface area (Å²) in [6, 6.07) is 5.53. The highest BCUT2D eigenvalue weighted by Crippen LogP contribution is 2.16. The van der Waals surface area contributed by atoms with Crippen molar-refractivity contribution in [3.8, 4) is 0 Å². The Kier molecular flexibility index (Phi) is 3.93. The van der Waals surface area contributed by atoms with Crippen LogP contribution in [-0.4, -0.2) is 24.4 Å². The number of aryl methyl sites for hydroxylation is 1. The van der Waals surface area contributed by atoms with Crippen molar-refractivity contribution in [3.05, 3.63) is 29.3 Å². The Morgan fingerprint density at radius 2 is 2.06 bits per heavy atom. The second-order valence-electron chi connectivity index (χ2n) is 4.67. The minimum absolute atomic E-state index is 0.00815. The van der Waals surface area contributed by atoms with Crippen LogP contribution in [0.1, 0.15) is 29.8 Å². The van der Waals surface area contributed by atoms with Gasteiger partial charge in [0.25, 0.3) is 5.91 Å². The lowest BCUT2D eigenvalue weighted by atomic mass is 10.1. The van der Waals surface area contributed by atoms with Gasteiger partial charge in [-0.3, -0.25) is 4.79 Å². The maximum atomic E-state index is 12.1. The van der Waals surface area contributed by atoms with Crippen LogP contribution in [0.4, 0.5) is 5.69 Å². The monoisotopic (exact) mass is 220 g/mol. The first kappa shape index (κ1) is 12.6. The van der Waals surface area contributed by atoms with Crippen LogP contribution in [0.3, 0.4) is 0 Å². The second kappa shape index (κ2) is 5.01. The Morgan fingerprint density at radius 3 is 2.56 bits per heavy atom. The van der Waals surface area contributed by atoms with Gasteiger partial charge in [-0.15, -0.1) is 0 Å². The van der Waals surface area contributed by atoms with Gasteiger partial charge in [0.1, 0.15) is 0 Å². The predicted octanol–water partition coefficient (Wildman–Crippen LogP) is 2.31. The van der Waals surface area contributed by atoms with Crippen molar-refractivity contribution in [2.45, 2.75) is 20.8 Å². The lowest BCUT2D eigenvalue weighted by Crippen LogP contribution is -2.30. The molecule has 0 heterocycles. The normalized spacial score (nSPS) is 10.6. The quantitative estimate of drug-likeness (QED) is 0.794. The molecule has 0 unspecified atom stereocenters. The molecule has 1 rings (SSSR count). The van der Waals surface area contributed by atoms with Crippen molar-refractivity contribution in [3.63, 3.8) is 0 Å². The van der Waals surface area contributed by atoms with Gasteiger partial charge in [-0.05, 0) is 30.5 Å². The molecule has 3 nitrogen and oxygen atoms in total. The topological polar surface area (TPSA) is 46.3 Å². The molecule has 0 spiro atoms. The molecule has 0 bridgehead atoms. The first-order valence-electron chi connectivity index (χ1n) is 5.53. The molecule has 0 aliphatic rings. The van der Waals surface area contributed by atoms with Gasteiger partial charge in [-0.2, -0.15) is 0 Å². The summed E-state index contributed by atoms with van der Waals surface area (Å²) in [6.45, 7) is 6.87. The van der Waals surface area contributed by atoms with E-state index in [0.29, 0.717) is 17.2 Å². The van der Waals surface area contributed by atoms with E-state index in [-0.39, 0.29) is 5.91 Å². The lowest BCUT2D eigenvalue weighted by molar-refractivity contribution is 0.0780. The zero-order valence-corrected chi connectivity index (χ0v) is 10.4. The second-order valence-corrected chi connectivity index (χ2v) is 4.67. The third-order valence-corrected chi connectivity index (χ3v) is 2.42. The molecule has 0 saturated carbocycles. The molecule has 0 radical (unpaired) electrons. The van der Waals surface area contributed by atoms with Gasteiger partial charge < -0.3 is 10.6 Å². The third kappa shape index (κ3) is 2.99. The molecule has 88 valence electrons. The van der Waals surface area contributed by atoms with Crippen molar-refractivity contribution < 1.29 is 4.79 Å². The molecule has 1 amide bonds. The number of nitrogen functional groups attached to an aromatic ring is 1. The molecule has 0 aromatic heterocycles. The van der Waals surface area contributed by atoms with E-state index in [9.17, 15) is 4.79 Å². The van der Waals surface area contributed by atoms with Crippen molar-refractivity contribution >= 4 is 11.6 Å². The van der Waals surface area contributed by atoms with Crippen LogP contribution in [0.5, 0.6) is 0 Å². The Hall–Kier alpha value is -1.51. The summed E-state index contributed by atoms with van der Waals surface area (Å²) < 4.78 is 0. The molecule has 0 atom stereocenters. The van der Waals surface area contributed by atoms with E-state index in [2.05, 4.69) is 13.8 Å². The number of carbonyl (C=O) groups is 1. The first-order chi connectivity index (χ1) is 7.41. The van der Waals surface area contributed by atoms with Crippen LogP contribution in [0.2, 0.25) is 0 Å². The number of amides is 1. The minimum atomic E-state index is -0.00815. The Bertz CT molecular complexity index is 386. The number of benzene rings is 1. The summed E-state index contributed by atoms with van der Waals surface area (Å²) in [7, 11) is 1.81. The zero-order valence-electron chi connectivity index (χ0n) is 10.4. The van der Waals surface area contributed by atoms with Gasteiger partial charge in [0.15, 0.2) is 0 Å². The van der Waals surface area contributed by atoms with E-state index < -0.39 is 0 Å². The molecule has 3 heteroatoms. The summed E-state index contributed by atoms with van der Waals surface area (Å²) in [5.74, 6) is 0.451. The van der Waals surface area contributed by atoms with Gasteiger partial charge in [0.05, 0.1) is 5.56 Å². The highest BCUT2D eigenvalue weighted by Gasteiger charge is 2.15. The summed E-state index contributed by atoms with van der Waals surface area (Å²) in [6.07, 6.45) is 0. The Balaban J connectivity index is 2.88. The molecule has 0 saturated heterocycles. The highest BCUT2D eigenvalue weighted by atomic mass is 16.2. The van der Waals surface area contributed by atoms with Crippen molar-refractivity contribution in [2.75, 3.05) is 19.3 Å². The number of nitrogens with two attached hydrogens (primary N) is 1. The number of hydrogen-bond donors (Lipinski definition) is 1. The van der Waals surface area contributed by atoms with Gasteiger partial charge in [0.2, 0.25) is 0 Å². The van der Waals surface area contributed by atoms with E-state index in [4.69, 9.17) is 5.73 Å². The fourth-order valence-electron chi connectivity index (χ4n) is 1.71. The SMILES string of the molecule is Cc1ccc(C(=O)N(C)CC(C)C)c(N)c1. The maximum Gasteiger partial charge on any atom is 0.255 e. The Morgan fingerprint density at radius 1 is 1.44 bits per heavy atom. The summed E-state index contributed by atoms with van der Waals surface area (Å²) in [4.78, 5) is 13.8. The lowest BCUT2D eigenvalue weighted by Gasteiger charge is -2.20. The minimum Gasteiger partial charge on any atom is -0.398 e. The largest absolute Gasteiger partial charge is 0.398 e. The van der Waals surface area contributed by atoms with Crippen LogP contribution >= 0.6 is 0 Å². The molecule has 2 N–H and O–H groups in total. The van der Waals surface area contributed by atoms with Gasteiger partial charge >= 0.3 is 0 Å². The average Bonchev–Trinajstić information content (AvgIpc) is 2.15. The van der Waals surface area contributed by atoms with Crippen molar-refractivity contribution in [1.82, 2.24) is 4.90 Å². The summed E-state index contributed by atoms with van der Waals surface area (Å²) in [5, 5.41) is 0. The van der Waals surface area contributed by atoms with E-state index in [1.54, 1.807) is 11.0 Å². The average molecular weight is 220 g/mol. The van der Waals surface area contributed by atoms with Crippen molar-refractivity contribution in [1.29, 1.82) is 0 Å². The van der Waals surface area contributed by atoms with Crippen LogP contribution in [0, 0.1) is 12.8 Å². The van der Waals surface area contributed by atoms with Crippen molar-refractivity contribution in [2.24, 2.45) is 5.92 Å². The molecule has 0 aliphatic carbocycles. The standard InChI is InChI=1S/C13H20N2O/c1-9(2)8-15(4)13(16)11-6-5-10(3)7-12(11)14/h5-7,9H,8,14H2,1-4H3. The van der Waals surface area contributed by atoms with E-state index >= 15 is 0 Å². The van der Waals surface area contributed by atoms with Gasteiger partial charge in [-0.1, -0.05) is 19.9 Å². The molecule has 1 aromatic rings. The number of rotatable bonds is 3. The zero-order chi connectivity index (χ0) is 12.3. The van der Waals surface area contributed by atoms with Crippen LogP contribution < -0.4 is 5.73 Å². The van der Waals surface area contributed by atoms with Gasteiger partial charge in [-0.25, -0.2) is 0 Å². The number of anilines is 1. The third-order valence-electron chi connectivity index (χ3n) is 2.42. The molecule has 0 aliphatic heterocycles. The van der Waals surface area contributed by atoms with Crippen LogP contribution in [-0.2, 0) is 0 Å². The first-order valence-corrected chi connectivity index (χ1v) is 5.53. The Labute approximate surface area is 97.2 Å². The number of nitrogens with zero attached hydrogens (tertiary/aromatic N) is 1. The van der Waals surface area contributed by atoms with Crippen LogP contribution in [0.25, 0.3) is 0 Å². The number of carbonyl (C=O) groups excluding carboxylic acids is 1. The molecular weight excluding hydrogens is 200 g/mol.